The van der Waals surface area contributed by atoms with E-state index in [0.717, 1.165) is 50.4 Å². The Balaban J connectivity index is 0.000000449. The Labute approximate surface area is 272 Å². The summed E-state index contributed by atoms with van der Waals surface area (Å²) < 4.78 is 0. The second-order valence-electron chi connectivity index (χ2n) is 10.7. The number of anilines is 1. The van der Waals surface area contributed by atoms with Gasteiger partial charge in [0.2, 0.25) is 6.41 Å². The van der Waals surface area contributed by atoms with E-state index in [-0.39, 0.29) is 12.5 Å². The van der Waals surface area contributed by atoms with Gasteiger partial charge in [-0.15, -0.1) is 0 Å². The van der Waals surface area contributed by atoms with Crippen LogP contribution in [0.4, 0.5) is 5.69 Å². The number of nitrogens with two attached hydrogens (primary N) is 1. The van der Waals surface area contributed by atoms with Gasteiger partial charge in [-0.05, 0) is 92.5 Å². The van der Waals surface area contributed by atoms with Crippen molar-refractivity contribution >= 4 is 12.1 Å². The van der Waals surface area contributed by atoms with E-state index in [1.54, 1.807) is 0 Å². The van der Waals surface area contributed by atoms with Crippen LogP contribution >= 0.6 is 0 Å². The fourth-order valence-corrected chi connectivity index (χ4v) is 4.77. The highest BCUT2D eigenvalue weighted by Crippen LogP contribution is 2.24. The summed E-state index contributed by atoms with van der Waals surface area (Å²) in [6, 6.07) is 24.0. The van der Waals surface area contributed by atoms with E-state index in [2.05, 4.69) is 134 Å². The highest BCUT2D eigenvalue weighted by molar-refractivity contribution is 5.65. The van der Waals surface area contributed by atoms with Crippen molar-refractivity contribution in [3.8, 4) is 11.1 Å². The third-order valence-corrected chi connectivity index (χ3v) is 7.39. The van der Waals surface area contributed by atoms with Crippen LogP contribution in [0.25, 0.3) is 11.1 Å². The highest BCUT2D eigenvalue weighted by atomic mass is 16.3. The lowest BCUT2D eigenvalue weighted by atomic mass is 9.95. The first-order chi connectivity index (χ1) is 21.7. The summed E-state index contributed by atoms with van der Waals surface area (Å²) >= 11 is 0. The molecule has 0 atom stereocenters. The minimum absolute atomic E-state index is 0.0676. The number of carbonyl (C=O) groups excluding carboxylic acids is 1. The van der Waals surface area contributed by atoms with Crippen LogP contribution in [0.3, 0.4) is 0 Å². The summed E-state index contributed by atoms with van der Waals surface area (Å²) in [6.45, 7) is 19.4. The number of likely N-dealkylation sites (tertiary alicyclic amines) is 1. The van der Waals surface area contributed by atoms with Crippen molar-refractivity contribution in [3.63, 3.8) is 0 Å². The van der Waals surface area contributed by atoms with Gasteiger partial charge in [-0.2, -0.15) is 0 Å². The minimum Gasteiger partial charge on any atom is -0.393 e. The summed E-state index contributed by atoms with van der Waals surface area (Å²) in [5.74, 6) is 0.792. The van der Waals surface area contributed by atoms with Crippen molar-refractivity contribution in [2.45, 2.75) is 66.9 Å². The Morgan fingerprint density at radius 3 is 2.07 bits per heavy atom. The quantitative estimate of drug-likeness (QED) is 0.147. The third kappa shape index (κ3) is 14.9. The standard InChI is InChI=1S/C24H26N2.C12H21NO.C2H6.CH3NO/c1-17-5-9-21(10-6-17)23-12-11-22(18(2)15-23)16-20-7-13-24(14-8-20)26-19(3)25-4;1-3-5-11(4-2)10-13-8-6-12(14)7-9-13;1-2;2-1-3/h5-15,25-26H,3,16H2,1-2,4H3;3-5,12,14H,6-10H2,1-2H3;1-2H3;1H,(H2,2,3)/b;5-3-,11-4+;;. The summed E-state index contributed by atoms with van der Waals surface area (Å²) in [4.78, 5) is 11.0. The van der Waals surface area contributed by atoms with Gasteiger partial charge in [0.1, 0.15) is 0 Å². The SMILES string of the molecule is C/C=C\C(=C/C)CN1CCC(O)CC1.C=C(NC)Nc1ccc(Cc2ccc(-c3ccc(C)cc3)cc2C)cc1.CC.NC=O. The van der Waals surface area contributed by atoms with Gasteiger partial charge in [0.15, 0.2) is 0 Å². The fraction of sp³-hybridized carbons (Fsp3) is 0.359. The Hall–Kier alpha value is -4.13. The first-order valence-corrected chi connectivity index (χ1v) is 16.0. The van der Waals surface area contributed by atoms with Gasteiger partial charge in [-0.3, -0.25) is 9.69 Å². The van der Waals surface area contributed by atoms with Crippen LogP contribution in [0.5, 0.6) is 0 Å². The molecule has 3 aromatic carbocycles. The first-order valence-electron chi connectivity index (χ1n) is 16.0. The number of amides is 1. The van der Waals surface area contributed by atoms with E-state index in [1.165, 1.54) is 39.0 Å². The molecule has 4 rings (SSSR count). The molecule has 1 heterocycles. The van der Waals surface area contributed by atoms with E-state index >= 15 is 0 Å². The van der Waals surface area contributed by atoms with Gasteiger partial charge < -0.3 is 21.5 Å². The van der Waals surface area contributed by atoms with E-state index in [4.69, 9.17) is 4.79 Å². The third-order valence-electron chi connectivity index (χ3n) is 7.39. The smallest absolute Gasteiger partial charge is 0.204 e. The summed E-state index contributed by atoms with van der Waals surface area (Å²) in [7, 11) is 1.85. The molecule has 1 aliphatic heterocycles. The lowest BCUT2D eigenvalue weighted by Crippen LogP contribution is -2.36. The zero-order chi connectivity index (χ0) is 33.6. The molecule has 0 unspecified atom stereocenters. The van der Waals surface area contributed by atoms with Gasteiger partial charge in [0.05, 0.1) is 11.9 Å². The zero-order valence-corrected chi connectivity index (χ0v) is 28.6. The van der Waals surface area contributed by atoms with Crippen LogP contribution in [-0.4, -0.2) is 49.2 Å². The number of benzene rings is 3. The number of piperidine rings is 1. The molecule has 1 fully saturated rings. The van der Waals surface area contributed by atoms with Crippen LogP contribution < -0.4 is 16.4 Å². The van der Waals surface area contributed by atoms with E-state index in [1.807, 2.05) is 27.8 Å². The van der Waals surface area contributed by atoms with E-state index in [9.17, 15) is 5.11 Å². The number of carbonyl (C=O) groups is 1. The molecule has 0 aliphatic carbocycles. The van der Waals surface area contributed by atoms with Crippen molar-refractivity contribution in [1.82, 2.24) is 10.2 Å². The molecule has 0 spiro atoms. The molecule has 0 aromatic heterocycles. The van der Waals surface area contributed by atoms with Gasteiger partial charge in [-0.1, -0.05) is 98.8 Å². The van der Waals surface area contributed by atoms with Gasteiger partial charge in [-0.25, -0.2) is 0 Å². The number of hydrogen-bond donors (Lipinski definition) is 4. The van der Waals surface area contributed by atoms with Crippen LogP contribution in [-0.2, 0) is 11.2 Å². The second-order valence-corrected chi connectivity index (χ2v) is 10.7. The molecular formula is C39H56N4O2. The van der Waals surface area contributed by atoms with Crippen LogP contribution in [0.1, 0.15) is 62.8 Å². The maximum Gasteiger partial charge on any atom is 0.204 e. The summed E-state index contributed by atoms with van der Waals surface area (Å²) in [5, 5.41) is 15.6. The van der Waals surface area contributed by atoms with Gasteiger partial charge in [0, 0.05) is 32.4 Å². The van der Waals surface area contributed by atoms with Crippen molar-refractivity contribution in [1.29, 1.82) is 0 Å². The Morgan fingerprint density at radius 1 is 0.978 bits per heavy atom. The zero-order valence-electron chi connectivity index (χ0n) is 28.6. The van der Waals surface area contributed by atoms with Crippen molar-refractivity contribution in [3.05, 3.63) is 125 Å². The second kappa shape index (κ2) is 22.4. The van der Waals surface area contributed by atoms with E-state index < -0.39 is 0 Å². The van der Waals surface area contributed by atoms with Crippen LogP contribution in [0.15, 0.2) is 103 Å². The summed E-state index contributed by atoms with van der Waals surface area (Å²) in [6.07, 6.45) is 9.36. The number of aliphatic hydroxyl groups excluding tert-OH is 1. The Kier molecular flexibility index (Phi) is 19.4. The number of allylic oxidation sites excluding steroid dienone is 2. The number of nitrogens with one attached hydrogen (secondary N) is 2. The maximum atomic E-state index is 9.37. The Bertz CT molecular complexity index is 1320. The topological polar surface area (TPSA) is 90.6 Å². The molecule has 0 saturated carbocycles. The Morgan fingerprint density at radius 2 is 1.56 bits per heavy atom. The van der Waals surface area contributed by atoms with Crippen LogP contribution in [0, 0.1) is 13.8 Å². The van der Waals surface area contributed by atoms with E-state index in [0.29, 0.717) is 0 Å². The van der Waals surface area contributed by atoms with Crippen LogP contribution in [0.2, 0.25) is 0 Å². The monoisotopic (exact) mass is 612 g/mol. The predicted molar refractivity (Wildman–Crippen MR) is 194 cm³/mol. The highest BCUT2D eigenvalue weighted by Gasteiger charge is 2.16. The first kappa shape index (κ1) is 38.9. The molecular weight excluding hydrogens is 556 g/mol. The number of primary amides is 1. The number of rotatable bonds is 9. The average Bonchev–Trinajstić information content (AvgIpc) is 3.05. The molecule has 244 valence electrons. The largest absolute Gasteiger partial charge is 0.393 e. The molecule has 6 nitrogen and oxygen atoms in total. The van der Waals surface area contributed by atoms with Gasteiger partial charge in [0.25, 0.3) is 0 Å². The molecule has 1 amide bonds. The molecule has 0 radical (unpaired) electrons. The fourth-order valence-electron chi connectivity index (χ4n) is 4.77. The van der Waals surface area contributed by atoms with Gasteiger partial charge >= 0.3 is 0 Å². The minimum atomic E-state index is -0.0676. The molecule has 3 aromatic rings. The normalized spacial score (nSPS) is 13.3. The van der Waals surface area contributed by atoms with Crippen molar-refractivity contribution < 1.29 is 9.90 Å². The summed E-state index contributed by atoms with van der Waals surface area (Å²) in [5.41, 5.74) is 14.4. The number of hydrogen-bond acceptors (Lipinski definition) is 5. The predicted octanol–water partition coefficient (Wildman–Crippen LogP) is 7.76. The molecule has 1 saturated heterocycles. The lowest BCUT2D eigenvalue weighted by molar-refractivity contribution is -0.106. The average molecular weight is 613 g/mol. The molecule has 5 N–H and O–H groups in total. The molecule has 6 heteroatoms. The van der Waals surface area contributed by atoms with Crippen molar-refractivity contribution in [2.24, 2.45) is 5.73 Å². The van der Waals surface area contributed by atoms with Crippen molar-refractivity contribution in [2.75, 3.05) is 32.0 Å². The maximum absolute atomic E-state index is 9.37. The number of aliphatic hydroxyl groups is 1. The lowest BCUT2D eigenvalue weighted by Gasteiger charge is -2.29. The number of nitrogens with zero attached hydrogens (tertiary/aromatic N) is 1. The number of aryl methyl sites for hydroxylation is 2. The molecule has 45 heavy (non-hydrogen) atoms. The molecule has 1 aliphatic rings. The molecule has 0 bridgehead atoms.